The lowest BCUT2D eigenvalue weighted by Gasteiger charge is -2.07. The summed E-state index contributed by atoms with van der Waals surface area (Å²) < 4.78 is 1.69. The zero-order valence-electron chi connectivity index (χ0n) is 7.82. The van der Waals surface area contributed by atoms with Gasteiger partial charge in [0.15, 0.2) is 5.78 Å². The normalized spacial score (nSPS) is 22.5. The molecule has 14 heavy (non-hydrogen) atoms. The van der Waals surface area contributed by atoms with Gasteiger partial charge in [-0.3, -0.25) is 4.79 Å². The van der Waals surface area contributed by atoms with Crippen molar-refractivity contribution in [1.82, 2.24) is 4.42 Å². The van der Waals surface area contributed by atoms with E-state index in [4.69, 9.17) is 11.8 Å². The Balaban J connectivity index is 2.10. The zero-order valence-corrected chi connectivity index (χ0v) is 8.57. The van der Waals surface area contributed by atoms with Crippen LogP contribution < -0.4 is 0 Å². The van der Waals surface area contributed by atoms with E-state index in [2.05, 4.69) is 0 Å². The lowest BCUT2D eigenvalue weighted by molar-refractivity contribution is 0.0927. The van der Waals surface area contributed by atoms with E-state index in [1.807, 2.05) is 30.3 Å². The highest BCUT2D eigenvalue weighted by Gasteiger charge is 2.27. The van der Waals surface area contributed by atoms with Crippen LogP contribution in [0.4, 0.5) is 0 Å². The van der Waals surface area contributed by atoms with Crippen LogP contribution in [-0.2, 0) is 0 Å². The molecule has 0 radical (unpaired) electrons. The van der Waals surface area contributed by atoms with Crippen LogP contribution in [0.15, 0.2) is 30.3 Å². The van der Waals surface area contributed by atoms with Gasteiger partial charge in [-0.15, -0.1) is 0 Å². The van der Waals surface area contributed by atoms with Crippen molar-refractivity contribution < 1.29 is 4.79 Å². The molecule has 0 spiro atoms. The van der Waals surface area contributed by atoms with Gasteiger partial charge in [0.05, 0.1) is 0 Å². The molecule has 1 aliphatic rings. The Hall–Kier alpha value is -0.860. The molecule has 2 nitrogen and oxygen atoms in total. The quantitative estimate of drug-likeness (QED) is 0.551. The van der Waals surface area contributed by atoms with Crippen LogP contribution in [0.3, 0.4) is 0 Å². The average molecular weight is 210 g/mol. The highest BCUT2D eigenvalue weighted by molar-refractivity contribution is 6.14. The van der Waals surface area contributed by atoms with Crippen molar-refractivity contribution in [2.24, 2.45) is 5.92 Å². The largest absolute Gasteiger partial charge is 0.294 e. The molecule has 74 valence electrons. The molecule has 0 N–H and O–H groups in total. The molecule has 2 rings (SSSR count). The van der Waals surface area contributed by atoms with Crippen LogP contribution in [0.2, 0.25) is 0 Å². The highest BCUT2D eigenvalue weighted by atomic mass is 35.5. The SMILES string of the molecule is O=C(c1ccccc1)C1CCN(Cl)C1. The third-order valence-corrected chi connectivity index (χ3v) is 2.87. The number of Topliss-reactive ketones (excluding diaryl/α,β-unsaturated/α-hetero) is 1. The minimum absolute atomic E-state index is 0.0786. The van der Waals surface area contributed by atoms with Crippen molar-refractivity contribution in [3.05, 3.63) is 35.9 Å². The van der Waals surface area contributed by atoms with Crippen LogP contribution in [-0.4, -0.2) is 23.3 Å². The Morgan fingerprint density at radius 2 is 2.07 bits per heavy atom. The van der Waals surface area contributed by atoms with Crippen LogP contribution in [0.1, 0.15) is 16.8 Å². The maximum atomic E-state index is 11.9. The predicted molar refractivity (Wildman–Crippen MR) is 56.3 cm³/mol. The summed E-state index contributed by atoms with van der Waals surface area (Å²) in [6.45, 7) is 1.49. The van der Waals surface area contributed by atoms with Gasteiger partial charge in [-0.05, 0) is 18.2 Å². The number of ketones is 1. The number of rotatable bonds is 2. The molecule has 0 amide bonds. The fourth-order valence-electron chi connectivity index (χ4n) is 1.77. The molecular formula is C11H12ClNO. The third kappa shape index (κ3) is 1.97. The lowest BCUT2D eigenvalue weighted by atomic mass is 9.97. The van der Waals surface area contributed by atoms with Crippen molar-refractivity contribution in [3.63, 3.8) is 0 Å². The Morgan fingerprint density at radius 3 is 2.64 bits per heavy atom. The van der Waals surface area contributed by atoms with E-state index in [-0.39, 0.29) is 11.7 Å². The monoisotopic (exact) mass is 209 g/mol. The van der Waals surface area contributed by atoms with Gasteiger partial charge >= 0.3 is 0 Å². The maximum Gasteiger partial charge on any atom is 0.167 e. The van der Waals surface area contributed by atoms with E-state index in [0.29, 0.717) is 6.54 Å². The number of carbonyl (C=O) groups is 1. The second-order valence-electron chi connectivity index (χ2n) is 3.58. The van der Waals surface area contributed by atoms with Gasteiger partial charge in [-0.1, -0.05) is 30.3 Å². The molecule has 0 aliphatic carbocycles. The summed E-state index contributed by atoms with van der Waals surface area (Å²) >= 11 is 5.82. The molecule has 3 heteroatoms. The molecule has 0 saturated carbocycles. The minimum atomic E-state index is 0.0786. The van der Waals surface area contributed by atoms with E-state index in [9.17, 15) is 4.79 Å². The van der Waals surface area contributed by atoms with Crippen molar-refractivity contribution in [2.75, 3.05) is 13.1 Å². The number of hydrogen-bond donors (Lipinski definition) is 0. The van der Waals surface area contributed by atoms with Crippen molar-refractivity contribution in [3.8, 4) is 0 Å². The fraction of sp³-hybridized carbons (Fsp3) is 0.364. The van der Waals surface area contributed by atoms with Gasteiger partial charge in [0.25, 0.3) is 0 Å². The number of hydrogen-bond acceptors (Lipinski definition) is 2. The van der Waals surface area contributed by atoms with E-state index in [1.54, 1.807) is 4.42 Å². The fourth-order valence-corrected chi connectivity index (χ4v) is 2.03. The van der Waals surface area contributed by atoms with Crippen LogP contribution in [0.5, 0.6) is 0 Å². The molecule has 1 aromatic rings. The molecule has 1 aromatic carbocycles. The van der Waals surface area contributed by atoms with E-state index in [1.165, 1.54) is 0 Å². The number of benzene rings is 1. The summed E-state index contributed by atoms with van der Waals surface area (Å²) in [5.74, 6) is 0.295. The minimum Gasteiger partial charge on any atom is -0.294 e. The van der Waals surface area contributed by atoms with E-state index >= 15 is 0 Å². The first kappa shape index (κ1) is 9.69. The van der Waals surface area contributed by atoms with Crippen molar-refractivity contribution in [1.29, 1.82) is 0 Å². The topological polar surface area (TPSA) is 20.3 Å². The van der Waals surface area contributed by atoms with Crippen molar-refractivity contribution in [2.45, 2.75) is 6.42 Å². The molecule has 1 fully saturated rings. The first-order valence-corrected chi connectivity index (χ1v) is 5.11. The molecule has 0 bridgehead atoms. The molecule has 1 heterocycles. The summed E-state index contributed by atoms with van der Waals surface area (Å²) in [6.07, 6.45) is 0.872. The molecule has 1 atom stereocenters. The number of carbonyl (C=O) groups excluding carboxylic acids is 1. The highest BCUT2D eigenvalue weighted by Crippen LogP contribution is 2.21. The van der Waals surface area contributed by atoms with Gasteiger partial charge in [-0.2, -0.15) is 0 Å². The van der Waals surface area contributed by atoms with Gasteiger partial charge < -0.3 is 0 Å². The smallest absolute Gasteiger partial charge is 0.167 e. The molecule has 1 saturated heterocycles. The Kier molecular flexibility index (Phi) is 2.85. The van der Waals surface area contributed by atoms with Gasteiger partial charge in [-0.25, -0.2) is 4.42 Å². The number of halogens is 1. The van der Waals surface area contributed by atoms with Gasteiger partial charge in [0, 0.05) is 24.6 Å². The standard InChI is InChI=1S/C11H12ClNO/c12-13-7-6-10(8-13)11(14)9-4-2-1-3-5-9/h1-5,10H,6-8H2. The zero-order chi connectivity index (χ0) is 9.97. The summed E-state index contributed by atoms with van der Waals surface area (Å²) in [7, 11) is 0. The molecular weight excluding hydrogens is 198 g/mol. The summed E-state index contributed by atoms with van der Waals surface area (Å²) in [5.41, 5.74) is 0.796. The van der Waals surface area contributed by atoms with Crippen LogP contribution in [0.25, 0.3) is 0 Å². The predicted octanol–water partition coefficient (Wildman–Crippen LogP) is 2.35. The van der Waals surface area contributed by atoms with Crippen LogP contribution in [0, 0.1) is 5.92 Å². The second kappa shape index (κ2) is 4.11. The van der Waals surface area contributed by atoms with Crippen molar-refractivity contribution >= 4 is 17.6 Å². The number of nitrogens with zero attached hydrogens (tertiary/aromatic N) is 1. The molecule has 0 aromatic heterocycles. The molecule has 1 unspecified atom stereocenters. The summed E-state index contributed by atoms with van der Waals surface area (Å²) in [5, 5.41) is 0. The van der Waals surface area contributed by atoms with Gasteiger partial charge in [0.2, 0.25) is 0 Å². The van der Waals surface area contributed by atoms with Crippen LogP contribution >= 0.6 is 11.8 Å². The molecule has 1 aliphatic heterocycles. The van der Waals surface area contributed by atoms with E-state index in [0.717, 1.165) is 18.5 Å². The maximum absolute atomic E-state index is 11.9. The first-order chi connectivity index (χ1) is 6.77. The summed E-state index contributed by atoms with van der Waals surface area (Å²) in [4.78, 5) is 11.9. The summed E-state index contributed by atoms with van der Waals surface area (Å²) in [6, 6.07) is 9.42. The average Bonchev–Trinajstić information content (AvgIpc) is 2.65. The Labute approximate surface area is 88.6 Å². The third-order valence-electron chi connectivity index (χ3n) is 2.57. The Morgan fingerprint density at radius 1 is 1.36 bits per heavy atom. The van der Waals surface area contributed by atoms with Gasteiger partial charge in [0.1, 0.15) is 0 Å². The lowest BCUT2D eigenvalue weighted by Crippen LogP contribution is -2.17. The second-order valence-corrected chi connectivity index (χ2v) is 4.06. The van der Waals surface area contributed by atoms with E-state index < -0.39 is 0 Å². The Bertz CT molecular complexity index is 325. The first-order valence-electron chi connectivity index (χ1n) is 4.77.